The van der Waals surface area contributed by atoms with E-state index < -0.39 is 0 Å². The van der Waals surface area contributed by atoms with Crippen LogP contribution in [0.3, 0.4) is 0 Å². The predicted octanol–water partition coefficient (Wildman–Crippen LogP) is 5.56. The van der Waals surface area contributed by atoms with Crippen LogP contribution in [0.15, 0.2) is 48.7 Å². The normalized spacial score (nSPS) is 15.5. The fourth-order valence-corrected chi connectivity index (χ4v) is 4.17. The Bertz CT molecular complexity index is 1060. The zero-order valence-electron chi connectivity index (χ0n) is 17.7. The van der Waals surface area contributed by atoms with Crippen LogP contribution in [0.2, 0.25) is 10.0 Å². The lowest BCUT2D eigenvalue weighted by molar-refractivity contribution is 0.262. The number of amides is 2. The maximum absolute atomic E-state index is 12.5. The highest BCUT2D eigenvalue weighted by Crippen LogP contribution is 2.36. The molecule has 9 heteroatoms. The minimum Gasteiger partial charge on any atom is -0.493 e. The molecule has 3 aromatic rings. The Hall–Kier alpha value is -2.74. The largest absolute Gasteiger partial charge is 0.493 e. The molecule has 2 aromatic carbocycles. The van der Waals surface area contributed by atoms with E-state index in [1.165, 1.54) is 12.8 Å². The monoisotopic (exact) mass is 473 g/mol. The van der Waals surface area contributed by atoms with Crippen molar-refractivity contribution in [3.63, 3.8) is 0 Å². The van der Waals surface area contributed by atoms with Crippen molar-refractivity contribution < 1.29 is 9.53 Å². The van der Waals surface area contributed by atoms with Gasteiger partial charge in [-0.15, -0.1) is 0 Å². The van der Waals surface area contributed by atoms with Crippen LogP contribution in [0.1, 0.15) is 19.3 Å². The first-order valence-corrected chi connectivity index (χ1v) is 11.3. The highest BCUT2D eigenvalue weighted by molar-refractivity contribution is 6.33. The quantitative estimate of drug-likeness (QED) is 0.419. The molecule has 7 nitrogen and oxygen atoms in total. The van der Waals surface area contributed by atoms with Crippen molar-refractivity contribution in [2.45, 2.75) is 25.3 Å². The maximum atomic E-state index is 12.5. The molecular formula is C23H25Cl2N5O2. The lowest BCUT2D eigenvalue weighted by Gasteiger charge is -2.16. The number of benzene rings is 2. The van der Waals surface area contributed by atoms with Gasteiger partial charge in [0.15, 0.2) is 0 Å². The van der Waals surface area contributed by atoms with Gasteiger partial charge in [0.05, 0.1) is 23.5 Å². The molecule has 4 rings (SSSR count). The van der Waals surface area contributed by atoms with Crippen LogP contribution in [0.4, 0.5) is 16.2 Å². The summed E-state index contributed by atoms with van der Waals surface area (Å²) in [5.41, 5.74) is 2.73. The van der Waals surface area contributed by atoms with E-state index >= 15 is 0 Å². The van der Waals surface area contributed by atoms with E-state index in [1.54, 1.807) is 41.2 Å². The van der Waals surface area contributed by atoms with Crippen molar-refractivity contribution in [1.29, 1.82) is 0 Å². The van der Waals surface area contributed by atoms with Crippen LogP contribution >= 0.6 is 23.2 Å². The number of ether oxygens (including phenoxy) is 1. The van der Waals surface area contributed by atoms with E-state index in [1.807, 2.05) is 19.2 Å². The highest BCUT2D eigenvalue weighted by Gasteiger charge is 2.18. The Kier molecular flexibility index (Phi) is 7.19. The molecule has 2 amide bonds. The summed E-state index contributed by atoms with van der Waals surface area (Å²) in [6, 6.07) is 12.5. The number of urea groups is 1. The minimum atomic E-state index is -0.365. The van der Waals surface area contributed by atoms with E-state index in [4.69, 9.17) is 27.9 Å². The summed E-state index contributed by atoms with van der Waals surface area (Å²) in [5, 5.41) is 14.5. The number of anilines is 2. The Labute approximate surface area is 197 Å². The molecule has 0 bridgehead atoms. The fourth-order valence-electron chi connectivity index (χ4n) is 3.77. The first kappa shape index (κ1) is 22.5. The summed E-state index contributed by atoms with van der Waals surface area (Å²) in [6.45, 7) is 1.66. The highest BCUT2D eigenvalue weighted by atomic mass is 35.5. The van der Waals surface area contributed by atoms with Gasteiger partial charge in [0.25, 0.3) is 0 Å². The molecular weight excluding hydrogens is 449 g/mol. The van der Waals surface area contributed by atoms with Crippen LogP contribution in [0.25, 0.3) is 11.3 Å². The van der Waals surface area contributed by atoms with Crippen LogP contribution in [-0.4, -0.2) is 35.0 Å². The lowest BCUT2D eigenvalue weighted by Crippen LogP contribution is -2.23. The first-order valence-electron chi connectivity index (χ1n) is 10.5. The number of carbonyl (C=O) groups is 1. The summed E-state index contributed by atoms with van der Waals surface area (Å²) in [6.07, 6.45) is 4.91. The van der Waals surface area contributed by atoms with Crippen molar-refractivity contribution in [3.05, 3.63) is 58.7 Å². The SMILES string of the molecule is Cn1ncc(Cl)c1-c1cc(NC(=O)Nc2ccc(Cl)cc2)ccc1OCCC1CCCN1. The molecule has 1 aliphatic rings. The topological polar surface area (TPSA) is 80.2 Å². The van der Waals surface area contributed by atoms with E-state index in [0.717, 1.165) is 24.2 Å². The van der Waals surface area contributed by atoms with E-state index in [-0.39, 0.29) is 6.03 Å². The van der Waals surface area contributed by atoms with Gasteiger partial charge in [-0.1, -0.05) is 23.2 Å². The van der Waals surface area contributed by atoms with Gasteiger partial charge in [-0.2, -0.15) is 5.10 Å². The zero-order chi connectivity index (χ0) is 22.5. The van der Waals surface area contributed by atoms with E-state index in [0.29, 0.717) is 39.8 Å². The standard InChI is InChI=1S/C23H25Cl2N5O2/c1-30-22(20(25)14-27-30)19-13-18(29-23(31)28-17-6-4-15(24)5-7-17)8-9-21(19)32-12-10-16-3-2-11-26-16/h4-9,13-14,16,26H,2-3,10-12H2,1H3,(H2,28,29,31). The van der Waals surface area contributed by atoms with Gasteiger partial charge in [-0.3, -0.25) is 4.68 Å². The summed E-state index contributed by atoms with van der Waals surface area (Å²) >= 11 is 12.3. The molecule has 3 N–H and O–H groups in total. The van der Waals surface area contributed by atoms with Crippen LogP contribution in [-0.2, 0) is 7.05 Å². The molecule has 1 fully saturated rings. The van der Waals surface area contributed by atoms with E-state index in [9.17, 15) is 4.79 Å². The van der Waals surface area contributed by atoms with Crippen LogP contribution in [0, 0.1) is 0 Å². The second-order valence-corrected chi connectivity index (χ2v) is 8.54. The molecule has 32 heavy (non-hydrogen) atoms. The molecule has 1 saturated heterocycles. The van der Waals surface area contributed by atoms with E-state index in [2.05, 4.69) is 21.0 Å². The predicted molar refractivity (Wildman–Crippen MR) is 129 cm³/mol. The van der Waals surface area contributed by atoms with Crippen molar-refractivity contribution in [2.24, 2.45) is 7.05 Å². The molecule has 1 atom stereocenters. The minimum absolute atomic E-state index is 0.365. The number of rotatable bonds is 7. The third-order valence-electron chi connectivity index (χ3n) is 5.38. The molecule has 168 valence electrons. The van der Waals surface area contributed by atoms with Gasteiger partial charge in [-0.05, 0) is 68.3 Å². The maximum Gasteiger partial charge on any atom is 0.323 e. The number of carbonyl (C=O) groups excluding carboxylic acids is 1. The molecule has 2 heterocycles. The summed E-state index contributed by atoms with van der Waals surface area (Å²) < 4.78 is 7.81. The van der Waals surface area contributed by atoms with Crippen LogP contribution < -0.4 is 20.7 Å². The van der Waals surface area contributed by atoms with Gasteiger partial charge in [-0.25, -0.2) is 4.79 Å². The lowest BCUT2D eigenvalue weighted by atomic mass is 10.1. The van der Waals surface area contributed by atoms with Gasteiger partial charge in [0.1, 0.15) is 5.75 Å². The molecule has 1 aliphatic heterocycles. The van der Waals surface area contributed by atoms with Gasteiger partial charge < -0.3 is 20.7 Å². The van der Waals surface area contributed by atoms with Gasteiger partial charge in [0.2, 0.25) is 0 Å². The van der Waals surface area contributed by atoms with Crippen molar-refractivity contribution >= 4 is 40.6 Å². The second-order valence-electron chi connectivity index (χ2n) is 7.69. The summed E-state index contributed by atoms with van der Waals surface area (Å²) in [7, 11) is 1.82. The summed E-state index contributed by atoms with van der Waals surface area (Å²) in [4.78, 5) is 12.5. The average Bonchev–Trinajstić information content (AvgIpc) is 3.40. The molecule has 1 unspecified atom stereocenters. The third kappa shape index (κ3) is 5.54. The molecule has 0 saturated carbocycles. The summed E-state index contributed by atoms with van der Waals surface area (Å²) in [5.74, 6) is 0.692. The Balaban J connectivity index is 1.51. The van der Waals surface area contributed by atoms with Crippen molar-refractivity contribution in [3.8, 4) is 17.0 Å². The Morgan fingerprint density at radius 1 is 1.19 bits per heavy atom. The number of aryl methyl sites for hydroxylation is 1. The average molecular weight is 474 g/mol. The number of halogens is 2. The van der Waals surface area contributed by atoms with Gasteiger partial charge >= 0.3 is 6.03 Å². The second kappa shape index (κ2) is 10.3. The zero-order valence-corrected chi connectivity index (χ0v) is 19.2. The fraction of sp³-hybridized carbons (Fsp3) is 0.304. The number of nitrogens with one attached hydrogen (secondary N) is 3. The van der Waals surface area contributed by atoms with Crippen molar-refractivity contribution in [1.82, 2.24) is 15.1 Å². The van der Waals surface area contributed by atoms with Crippen molar-refractivity contribution in [2.75, 3.05) is 23.8 Å². The number of hydrogen-bond donors (Lipinski definition) is 3. The number of aromatic nitrogens is 2. The molecule has 0 aliphatic carbocycles. The Morgan fingerprint density at radius 2 is 1.94 bits per heavy atom. The molecule has 0 spiro atoms. The first-order chi connectivity index (χ1) is 15.5. The van der Waals surface area contributed by atoms with Crippen LogP contribution in [0.5, 0.6) is 5.75 Å². The Morgan fingerprint density at radius 3 is 2.62 bits per heavy atom. The smallest absolute Gasteiger partial charge is 0.323 e. The number of hydrogen-bond acceptors (Lipinski definition) is 4. The number of nitrogens with zero attached hydrogens (tertiary/aromatic N) is 2. The molecule has 0 radical (unpaired) electrons. The van der Waals surface area contributed by atoms with Gasteiger partial charge in [0, 0.05) is 35.1 Å². The third-order valence-corrected chi connectivity index (χ3v) is 5.90. The molecule has 1 aromatic heterocycles.